The van der Waals surface area contributed by atoms with Gasteiger partial charge < -0.3 is 0 Å². The number of hydrogen-bond acceptors (Lipinski definition) is 0. The zero-order valence-corrected chi connectivity index (χ0v) is 18.6. The molecule has 0 bridgehead atoms. The lowest BCUT2D eigenvalue weighted by Gasteiger charge is -2.26. The molecule has 4 rings (SSSR count). The Bertz CT molecular complexity index is 1000. The van der Waals surface area contributed by atoms with Gasteiger partial charge in [0.1, 0.15) is 5.82 Å². The van der Waals surface area contributed by atoms with Gasteiger partial charge in [0, 0.05) is 5.39 Å². The van der Waals surface area contributed by atoms with Crippen LogP contribution in [0.1, 0.15) is 86.1 Å². The second kappa shape index (κ2) is 9.77. The molecule has 1 aliphatic rings. The van der Waals surface area contributed by atoms with Crippen LogP contribution in [0.2, 0.25) is 0 Å². The van der Waals surface area contributed by atoms with Crippen molar-refractivity contribution in [3.8, 4) is 0 Å². The van der Waals surface area contributed by atoms with Crippen LogP contribution in [-0.2, 0) is 25.7 Å². The van der Waals surface area contributed by atoms with Gasteiger partial charge in [-0.25, -0.2) is 4.39 Å². The van der Waals surface area contributed by atoms with Gasteiger partial charge in [-0.1, -0.05) is 81.6 Å². The van der Waals surface area contributed by atoms with Crippen LogP contribution in [0.15, 0.2) is 48.5 Å². The molecule has 3 aromatic rings. The molecule has 0 spiro atoms. The molecule has 158 valence electrons. The minimum absolute atomic E-state index is 0.000578. The first-order valence-electron chi connectivity index (χ1n) is 12.0. The third-order valence-corrected chi connectivity index (χ3v) is 6.88. The van der Waals surface area contributed by atoms with E-state index in [0.717, 1.165) is 42.0 Å². The number of rotatable bonds is 8. The van der Waals surface area contributed by atoms with Crippen LogP contribution in [0.25, 0.3) is 10.8 Å². The topological polar surface area (TPSA) is 0 Å². The van der Waals surface area contributed by atoms with Crippen LogP contribution in [0.4, 0.5) is 4.39 Å². The Morgan fingerprint density at radius 1 is 0.800 bits per heavy atom. The molecule has 1 unspecified atom stereocenters. The van der Waals surface area contributed by atoms with E-state index in [2.05, 4.69) is 56.3 Å². The van der Waals surface area contributed by atoms with Crippen molar-refractivity contribution in [2.24, 2.45) is 0 Å². The van der Waals surface area contributed by atoms with E-state index >= 15 is 4.39 Å². The molecule has 0 saturated heterocycles. The van der Waals surface area contributed by atoms with Crippen LogP contribution in [0.3, 0.4) is 0 Å². The summed E-state index contributed by atoms with van der Waals surface area (Å²) in [6.07, 6.45) is 11.5. The summed E-state index contributed by atoms with van der Waals surface area (Å²) in [4.78, 5) is 0. The number of halogens is 1. The van der Waals surface area contributed by atoms with E-state index < -0.39 is 0 Å². The van der Waals surface area contributed by atoms with Crippen LogP contribution in [-0.4, -0.2) is 0 Å². The Morgan fingerprint density at radius 3 is 2.40 bits per heavy atom. The van der Waals surface area contributed by atoms with Crippen molar-refractivity contribution >= 4 is 10.8 Å². The lowest BCUT2D eigenvalue weighted by Crippen LogP contribution is -2.14. The van der Waals surface area contributed by atoms with Gasteiger partial charge in [-0.05, 0) is 84.1 Å². The second-order valence-electron chi connectivity index (χ2n) is 9.13. The van der Waals surface area contributed by atoms with Crippen molar-refractivity contribution < 1.29 is 4.39 Å². The van der Waals surface area contributed by atoms with Crippen molar-refractivity contribution in [3.63, 3.8) is 0 Å². The Kier molecular flexibility index (Phi) is 6.87. The number of unbranched alkanes of at least 4 members (excludes halogenated alkanes) is 3. The predicted octanol–water partition coefficient (Wildman–Crippen LogP) is 8.33. The second-order valence-corrected chi connectivity index (χ2v) is 9.13. The Labute approximate surface area is 181 Å². The number of fused-ring (bicyclic) bond motifs is 2. The first-order valence-corrected chi connectivity index (χ1v) is 12.0. The highest BCUT2D eigenvalue weighted by Crippen LogP contribution is 2.36. The summed E-state index contributed by atoms with van der Waals surface area (Å²) in [5.41, 5.74) is 6.59. The van der Waals surface area contributed by atoms with Gasteiger partial charge in [-0.15, -0.1) is 0 Å². The molecule has 0 aromatic heterocycles. The van der Waals surface area contributed by atoms with Crippen molar-refractivity contribution in [2.75, 3.05) is 0 Å². The summed E-state index contributed by atoms with van der Waals surface area (Å²) >= 11 is 0. The van der Waals surface area contributed by atoms with E-state index in [4.69, 9.17) is 0 Å². The maximum absolute atomic E-state index is 15.5. The Morgan fingerprint density at radius 2 is 1.57 bits per heavy atom. The smallest absolute Gasteiger partial charge is 0.134 e. The maximum Gasteiger partial charge on any atom is 0.134 e. The van der Waals surface area contributed by atoms with E-state index in [9.17, 15) is 0 Å². The van der Waals surface area contributed by atoms with Gasteiger partial charge in [-0.3, -0.25) is 0 Å². The summed E-state index contributed by atoms with van der Waals surface area (Å²) in [6.45, 7) is 4.47. The molecule has 0 heterocycles. The quantitative estimate of drug-likeness (QED) is 0.332. The average molecular weight is 403 g/mol. The first kappa shape index (κ1) is 21.1. The van der Waals surface area contributed by atoms with Gasteiger partial charge in [0.2, 0.25) is 0 Å². The van der Waals surface area contributed by atoms with Crippen LogP contribution < -0.4 is 0 Å². The average Bonchev–Trinajstić information content (AvgIpc) is 2.77. The zero-order valence-electron chi connectivity index (χ0n) is 18.6. The van der Waals surface area contributed by atoms with Crippen molar-refractivity contribution in [3.05, 3.63) is 82.2 Å². The van der Waals surface area contributed by atoms with Gasteiger partial charge in [0.05, 0.1) is 0 Å². The molecule has 1 aliphatic carbocycles. The Balaban J connectivity index is 1.53. The van der Waals surface area contributed by atoms with Gasteiger partial charge in [0.25, 0.3) is 0 Å². The van der Waals surface area contributed by atoms with Crippen LogP contribution in [0.5, 0.6) is 0 Å². The fraction of sp³-hybridized carbons (Fsp3) is 0.448. The summed E-state index contributed by atoms with van der Waals surface area (Å²) < 4.78 is 15.5. The molecule has 0 aliphatic heterocycles. The van der Waals surface area contributed by atoms with Crippen molar-refractivity contribution in [1.82, 2.24) is 0 Å². The number of benzene rings is 3. The maximum atomic E-state index is 15.5. The fourth-order valence-electron chi connectivity index (χ4n) is 5.02. The summed E-state index contributed by atoms with van der Waals surface area (Å²) in [6, 6.07) is 17.5. The molecule has 3 aromatic carbocycles. The van der Waals surface area contributed by atoms with Crippen LogP contribution >= 0.6 is 0 Å². The first-order chi connectivity index (χ1) is 14.7. The standard InChI is InChI=1S/C29H35F/c1-3-5-7-9-22-11-16-27-25(19-22)15-17-28(29(27)30)26-14-13-23-18-21(8-6-4-2)10-12-24(23)20-26/h10-12,15-19,26H,3-9,13-14,20H2,1-2H3. The molecule has 1 atom stereocenters. The van der Waals surface area contributed by atoms with E-state index in [0.29, 0.717) is 0 Å². The summed E-state index contributed by atoms with van der Waals surface area (Å²) in [5.74, 6) is 0.285. The van der Waals surface area contributed by atoms with E-state index in [1.54, 1.807) is 0 Å². The van der Waals surface area contributed by atoms with Crippen molar-refractivity contribution in [1.29, 1.82) is 0 Å². The van der Waals surface area contributed by atoms with E-state index in [1.165, 1.54) is 60.8 Å². The molecule has 30 heavy (non-hydrogen) atoms. The highest BCUT2D eigenvalue weighted by Gasteiger charge is 2.23. The lowest BCUT2D eigenvalue weighted by atomic mass is 9.79. The summed E-state index contributed by atoms with van der Waals surface area (Å²) in [5, 5.41) is 1.83. The minimum Gasteiger partial charge on any atom is -0.206 e. The molecule has 0 radical (unpaired) electrons. The highest BCUT2D eigenvalue weighted by molar-refractivity contribution is 5.84. The normalized spacial score (nSPS) is 16.0. The highest BCUT2D eigenvalue weighted by atomic mass is 19.1. The predicted molar refractivity (Wildman–Crippen MR) is 127 cm³/mol. The molecule has 1 heteroatoms. The minimum atomic E-state index is 0.000578. The largest absolute Gasteiger partial charge is 0.206 e. The molecular formula is C29H35F. The zero-order chi connectivity index (χ0) is 20.9. The molecule has 0 nitrogen and oxygen atoms in total. The van der Waals surface area contributed by atoms with Gasteiger partial charge in [0.15, 0.2) is 0 Å². The molecular weight excluding hydrogens is 367 g/mol. The van der Waals surface area contributed by atoms with Crippen LogP contribution in [0, 0.1) is 5.82 Å². The van der Waals surface area contributed by atoms with E-state index in [1.807, 2.05) is 6.07 Å². The lowest BCUT2D eigenvalue weighted by molar-refractivity contribution is 0.539. The summed E-state index contributed by atoms with van der Waals surface area (Å²) in [7, 11) is 0. The number of hydrogen-bond donors (Lipinski definition) is 0. The monoisotopic (exact) mass is 402 g/mol. The molecule has 0 N–H and O–H groups in total. The molecule has 0 saturated carbocycles. The Hall–Kier alpha value is -2.15. The van der Waals surface area contributed by atoms with Gasteiger partial charge in [-0.2, -0.15) is 0 Å². The molecule has 0 amide bonds. The van der Waals surface area contributed by atoms with Gasteiger partial charge >= 0.3 is 0 Å². The SMILES string of the molecule is CCCCCc1ccc2c(F)c(C3CCc4cc(CCCC)ccc4C3)ccc2c1. The van der Waals surface area contributed by atoms with E-state index in [-0.39, 0.29) is 11.7 Å². The third kappa shape index (κ3) is 4.61. The fourth-order valence-corrected chi connectivity index (χ4v) is 5.02. The number of aryl methyl sites for hydroxylation is 3. The van der Waals surface area contributed by atoms with Crippen molar-refractivity contribution in [2.45, 2.75) is 84.0 Å². The molecule has 0 fully saturated rings. The third-order valence-electron chi connectivity index (χ3n) is 6.88.